The van der Waals surface area contributed by atoms with Crippen LogP contribution in [0, 0.1) is 6.92 Å². The number of nitrogens with one attached hydrogen (secondary N) is 1. The molecule has 0 unspecified atom stereocenters. The molecular formula is C14H15N3O2. The van der Waals surface area contributed by atoms with Gasteiger partial charge in [-0.3, -0.25) is 0 Å². The minimum atomic E-state index is -1.06. The normalized spacial score (nSPS) is 10.2. The van der Waals surface area contributed by atoms with E-state index in [1.54, 1.807) is 6.92 Å². The topological polar surface area (TPSA) is 75.1 Å². The van der Waals surface area contributed by atoms with E-state index in [1.165, 1.54) is 6.07 Å². The van der Waals surface area contributed by atoms with E-state index in [2.05, 4.69) is 22.2 Å². The molecule has 5 heteroatoms. The van der Waals surface area contributed by atoms with Crippen LogP contribution in [0.25, 0.3) is 0 Å². The first-order valence-corrected chi connectivity index (χ1v) is 6.04. The fourth-order valence-corrected chi connectivity index (χ4v) is 1.83. The smallest absolute Gasteiger partial charge is 0.354 e. The number of hydrogen-bond acceptors (Lipinski definition) is 4. The summed E-state index contributed by atoms with van der Waals surface area (Å²) in [6.45, 7) is 3.73. The van der Waals surface area contributed by atoms with Crippen LogP contribution in [-0.4, -0.2) is 21.0 Å². The molecule has 1 heterocycles. The van der Waals surface area contributed by atoms with Crippen LogP contribution < -0.4 is 5.32 Å². The van der Waals surface area contributed by atoms with E-state index in [9.17, 15) is 4.79 Å². The van der Waals surface area contributed by atoms with Crippen LogP contribution in [0.3, 0.4) is 0 Å². The summed E-state index contributed by atoms with van der Waals surface area (Å²) in [5.41, 5.74) is 2.07. The first-order chi connectivity index (χ1) is 9.10. The summed E-state index contributed by atoms with van der Waals surface area (Å²) in [7, 11) is 0. The van der Waals surface area contributed by atoms with Gasteiger partial charge in [-0.2, -0.15) is 0 Å². The number of carboxylic acid groups (broad SMARTS) is 1. The number of para-hydroxylation sites is 1. The molecule has 0 saturated carbocycles. The fourth-order valence-electron chi connectivity index (χ4n) is 1.83. The molecule has 0 saturated heterocycles. The van der Waals surface area contributed by atoms with E-state index in [1.807, 2.05) is 24.3 Å². The zero-order chi connectivity index (χ0) is 13.8. The number of aromatic carboxylic acids is 1. The van der Waals surface area contributed by atoms with Crippen molar-refractivity contribution in [2.75, 3.05) is 5.32 Å². The molecule has 0 aliphatic heterocycles. The van der Waals surface area contributed by atoms with Crippen LogP contribution in [0.15, 0.2) is 30.3 Å². The molecular weight excluding hydrogens is 242 g/mol. The van der Waals surface area contributed by atoms with E-state index in [4.69, 9.17) is 5.11 Å². The highest BCUT2D eigenvalue weighted by Gasteiger charge is 2.09. The Labute approximate surface area is 111 Å². The molecule has 1 aromatic heterocycles. The lowest BCUT2D eigenvalue weighted by Gasteiger charge is -2.10. The van der Waals surface area contributed by atoms with Gasteiger partial charge in [0.15, 0.2) is 5.69 Å². The van der Waals surface area contributed by atoms with Crippen LogP contribution in [0.5, 0.6) is 0 Å². The largest absolute Gasteiger partial charge is 0.477 e. The maximum Gasteiger partial charge on any atom is 0.354 e. The molecule has 2 rings (SSSR count). The standard InChI is InChI=1S/C14H15N3O2/c1-3-10-6-4-5-7-11(10)17-13-8-12(14(18)19)15-9(2)16-13/h4-8H,3H2,1-2H3,(H,18,19)(H,15,16,17). The van der Waals surface area contributed by atoms with Crippen molar-refractivity contribution in [3.05, 3.63) is 47.4 Å². The second-order valence-corrected chi connectivity index (χ2v) is 4.13. The Balaban J connectivity index is 2.35. The highest BCUT2D eigenvalue weighted by Crippen LogP contribution is 2.20. The molecule has 19 heavy (non-hydrogen) atoms. The van der Waals surface area contributed by atoms with Crippen molar-refractivity contribution in [3.63, 3.8) is 0 Å². The number of carboxylic acids is 1. The van der Waals surface area contributed by atoms with Crippen LogP contribution in [0.2, 0.25) is 0 Å². The van der Waals surface area contributed by atoms with Gasteiger partial charge in [-0.1, -0.05) is 25.1 Å². The van der Waals surface area contributed by atoms with Crippen LogP contribution in [0.1, 0.15) is 28.8 Å². The maximum absolute atomic E-state index is 11.0. The summed E-state index contributed by atoms with van der Waals surface area (Å²) in [5.74, 6) is -0.139. The van der Waals surface area contributed by atoms with Crippen LogP contribution in [0.4, 0.5) is 11.5 Å². The number of benzene rings is 1. The highest BCUT2D eigenvalue weighted by molar-refractivity contribution is 5.86. The van der Waals surface area contributed by atoms with E-state index >= 15 is 0 Å². The number of rotatable bonds is 4. The second-order valence-electron chi connectivity index (χ2n) is 4.13. The van der Waals surface area contributed by atoms with Gasteiger partial charge in [-0.25, -0.2) is 14.8 Å². The molecule has 0 radical (unpaired) electrons. The summed E-state index contributed by atoms with van der Waals surface area (Å²) in [5, 5.41) is 12.1. The summed E-state index contributed by atoms with van der Waals surface area (Å²) in [4.78, 5) is 19.0. The molecule has 0 aliphatic rings. The number of aryl methyl sites for hydroxylation is 2. The van der Waals surface area contributed by atoms with Crippen LogP contribution in [-0.2, 0) is 6.42 Å². The second kappa shape index (κ2) is 5.48. The predicted octanol–water partition coefficient (Wildman–Crippen LogP) is 2.79. The number of hydrogen-bond donors (Lipinski definition) is 2. The lowest BCUT2D eigenvalue weighted by Crippen LogP contribution is -2.06. The van der Waals surface area contributed by atoms with Gasteiger partial charge < -0.3 is 10.4 Å². The summed E-state index contributed by atoms with van der Waals surface area (Å²) in [6.07, 6.45) is 0.888. The van der Waals surface area contributed by atoms with Gasteiger partial charge in [0.2, 0.25) is 0 Å². The fraction of sp³-hybridized carbons (Fsp3) is 0.214. The molecule has 0 aliphatic carbocycles. The zero-order valence-corrected chi connectivity index (χ0v) is 10.8. The van der Waals surface area contributed by atoms with Gasteiger partial charge in [-0.15, -0.1) is 0 Å². The first-order valence-electron chi connectivity index (χ1n) is 6.04. The van der Waals surface area contributed by atoms with Gasteiger partial charge in [0, 0.05) is 11.8 Å². The molecule has 5 nitrogen and oxygen atoms in total. The Hall–Kier alpha value is -2.43. The van der Waals surface area contributed by atoms with E-state index in [0.717, 1.165) is 17.7 Å². The Bertz CT molecular complexity index is 611. The van der Waals surface area contributed by atoms with Crippen molar-refractivity contribution in [3.8, 4) is 0 Å². The van der Waals surface area contributed by atoms with Gasteiger partial charge in [0.1, 0.15) is 11.6 Å². The average Bonchev–Trinajstić information content (AvgIpc) is 2.38. The Morgan fingerprint density at radius 2 is 2.05 bits per heavy atom. The van der Waals surface area contributed by atoms with Crippen molar-refractivity contribution >= 4 is 17.5 Å². The van der Waals surface area contributed by atoms with Gasteiger partial charge in [0.25, 0.3) is 0 Å². The number of carbonyl (C=O) groups is 1. The minimum absolute atomic E-state index is 0.0102. The molecule has 2 aromatic rings. The van der Waals surface area contributed by atoms with Crippen molar-refractivity contribution < 1.29 is 9.90 Å². The van der Waals surface area contributed by atoms with Crippen LogP contribution >= 0.6 is 0 Å². The Kier molecular flexibility index (Phi) is 3.75. The Morgan fingerprint density at radius 1 is 1.32 bits per heavy atom. The Morgan fingerprint density at radius 3 is 2.74 bits per heavy atom. The molecule has 98 valence electrons. The van der Waals surface area contributed by atoms with Crippen molar-refractivity contribution in [1.29, 1.82) is 0 Å². The quantitative estimate of drug-likeness (QED) is 0.880. The highest BCUT2D eigenvalue weighted by atomic mass is 16.4. The van der Waals surface area contributed by atoms with Gasteiger partial charge in [-0.05, 0) is 25.0 Å². The van der Waals surface area contributed by atoms with Crippen molar-refractivity contribution in [1.82, 2.24) is 9.97 Å². The summed E-state index contributed by atoms with van der Waals surface area (Å²) >= 11 is 0. The predicted molar refractivity (Wildman–Crippen MR) is 72.8 cm³/mol. The third-order valence-corrected chi connectivity index (χ3v) is 2.72. The molecule has 0 atom stereocenters. The lowest BCUT2D eigenvalue weighted by molar-refractivity contribution is 0.0690. The van der Waals surface area contributed by atoms with E-state index in [0.29, 0.717) is 11.6 Å². The molecule has 1 aromatic carbocycles. The number of nitrogens with zero attached hydrogens (tertiary/aromatic N) is 2. The van der Waals surface area contributed by atoms with Crippen molar-refractivity contribution in [2.45, 2.75) is 20.3 Å². The lowest BCUT2D eigenvalue weighted by atomic mass is 10.1. The molecule has 0 fully saturated rings. The number of aromatic nitrogens is 2. The first kappa shape index (κ1) is 13.0. The van der Waals surface area contributed by atoms with Crippen molar-refractivity contribution in [2.24, 2.45) is 0 Å². The monoisotopic (exact) mass is 257 g/mol. The zero-order valence-electron chi connectivity index (χ0n) is 10.8. The molecule has 0 bridgehead atoms. The summed E-state index contributed by atoms with van der Waals surface area (Å²) in [6, 6.07) is 9.29. The molecule has 0 spiro atoms. The van der Waals surface area contributed by atoms with E-state index < -0.39 is 5.97 Å². The number of anilines is 2. The minimum Gasteiger partial charge on any atom is -0.477 e. The van der Waals surface area contributed by atoms with Gasteiger partial charge >= 0.3 is 5.97 Å². The average molecular weight is 257 g/mol. The maximum atomic E-state index is 11.0. The SMILES string of the molecule is CCc1ccccc1Nc1cc(C(=O)O)nc(C)n1. The van der Waals surface area contributed by atoms with Gasteiger partial charge in [0.05, 0.1) is 0 Å². The third-order valence-electron chi connectivity index (χ3n) is 2.72. The summed E-state index contributed by atoms with van der Waals surface area (Å²) < 4.78 is 0. The molecule has 0 amide bonds. The third kappa shape index (κ3) is 3.07. The van der Waals surface area contributed by atoms with E-state index in [-0.39, 0.29) is 5.69 Å². The molecule has 2 N–H and O–H groups in total.